The van der Waals surface area contributed by atoms with Crippen LogP contribution in [-0.4, -0.2) is 114 Å². The molecule has 1 N–H and O–H groups in total. The van der Waals surface area contributed by atoms with Crippen LogP contribution in [-0.2, 0) is 27.1 Å². The number of anilines is 3. The summed E-state index contributed by atoms with van der Waals surface area (Å²) < 4.78 is 68.7. The van der Waals surface area contributed by atoms with E-state index >= 15 is 4.39 Å². The summed E-state index contributed by atoms with van der Waals surface area (Å²) in [6, 6.07) is 14.9. The first kappa shape index (κ1) is 41.0. The van der Waals surface area contributed by atoms with E-state index in [-0.39, 0.29) is 62.1 Å². The van der Waals surface area contributed by atoms with E-state index in [4.69, 9.17) is 9.47 Å². The van der Waals surface area contributed by atoms with Gasteiger partial charge in [-0.15, -0.1) is 0 Å². The number of rotatable bonds is 7. The number of likely N-dealkylation sites (tertiary alicyclic amines) is 1. The zero-order valence-corrected chi connectivity index (χ0v) is 32.5. The Labute approximate surface area is 328 Å². The summed E-state index contributed by atoms with van der Waals surface area (Å²) in [5.74, 6) is -1.47. The van der Waals surface area contributed by atoms with Crippen molar-refractivity contribution in [2.24, 2.45) is 0 Å². The van der Waals surface area contributed by atoms with Crippen molar-refractivity contribution in [2.75, 3.05) is 74.5 Å². The number of aromatic nitrogens is 1. The standard InChI is InChI=1S/C40H46F4N8O5/c1-26-20-29(40(42,43)44)28(21-45)34(46-26)47-31-14-15-50(33-30(41)12-9-13-32(33)48(5)35(31)53)18-16-49-17-19-52(37(55)56-22-27-10-7-6-8-11-27)39(23-49)24-51(25-39)36(54)57-38(2,3)4/h6-13,20,31H,14-19,22-25H2,1-5H3,(H,46,47)/t31-/m0/s1. The molecule has 1 aromatic heterocycles. The van der Waals surface area contributed by atoms with Crippen LogP contribution < -0.4 is 15.1 Å². The smallest absolute Gasteiger partial charge is 0.417 e. The highest BCUT2D eigenvalue weighted by Crippen LogP contribution is 2.38. The molecule has 0 aliphatic carbocycles. The van der Waals surface area contributed by atoms with Gasteiger partial charge in [-0.25, -0.2) is 19.0 Å². The number of piperazine rings is 1. The van der Waals surface area contributed by atoms with Crippen molar-refractivity contribution in [2.45, 2.75) is 64.1 Å². The zero-order valence-electron chi connectivity index (χ0n) is 32.5. The molecule has 1 spiro atoms. The van der Waals surface area contributed by atoms with Gasteiger partial charge in [0.05, 0.1) is 35.6 Å². The molecule has 3 aliphatic rings. The van der Waals surface area contributed by atoms with Crippen LogP contribution in [0.25, 0.3) is 0 Å². The van der Waals surface area contributed by atoms with Crippen molar-refractivity contribution >= 4 is 35.3 Å². The number of pyridine rings is 1. The molecular formula is C40H46F4N8O5. The number of hydrogen-bond acceptors (Lipinski definition) is 10. The summed E-state index contributed by atoms with van der Waals surface area (Å²) in [6.45, 7) is 9.14. The van der Waals surface area contributed by atoms with E-state index < -0.39 is 58.4 Å². The van der Waals surface area contributed by atoms with Gasteiger partial charge in [0.2, 0.25) is 5.91 Å². The van der Waals surface area contributed by atoms with E-state index in [0.29, 0.717) is 26.2 Å². The fourth-order valence-corrected chi connectivity index (χ4v) is 7.58. The first-order valence-corrected chi connectivity index (χ1v) is 18.6. The minimum atomic E-state index is -4.83. The van der Waals surface area contributed by atoms with Gasteiger partial charge in [-0.1, -0.05) is 36.4 Å². The number of aryl methyl sites for hydroxylation is 1. The number of ether oxygens (including phenoxy) is 2. The first-order valence-electron chi connectivity index (χ1n) is 18.6. The Morgan fingerprint density at radius 3 is 2.39 bits per heavy atom. The summed E-state index contributed by atoms with van der Waals surface area (Å²) in [5, 5.41) is 12.5. The molecule has 2 saturated heterocycles. The normalized spacial score (nSPS) is 18.6. The Kier molecular flexibility index (Phi) is 11.6. The minimum Gasteiger partial charge on any atom is -0.445 e. The van der Waals surface area contributed by atoms with Crippen molar-refractivity contribution < 1.29 is 41.4 Å². The summed E-state index contributed by atoms with van der Waals surface area (Å²) in [4.78, 5) is 52.9. The number of carbonyl (C=O) groups is 3. The molecule has 3 aliphatic heterocycles. The third kappa shape index (κ3) is 9.01. The lowest BCUT2D eigenvalue weighted by molar-refractivity contribution is -0.137. The molecule has 3 aromatic rings. The van der Waals surface area contributed by atoms with Crippen molar-refractivity contribution in [3.8, 4) is 6.07 Å². The molecule has 57 heavy (non-hydrogen) atoms. The van der Waals surface area contributed by atoms with Gasteiger partial charge in [0.25, 0.3) is 0 Å². The second-order valence-electron chi connectivity index (χ2n) is 15.7. The maximum absolute atomic E-state index is 15.7. The molecule has 3 amide bonds. The minimum absolute atomic E-state index is 0.00696. The molecule has 1 atom stereocenters. The molecule has 4 heterocycles. The van der Waals surface area contributed by atoms with Gasteiger partial charge in [-0.05, 0) is 57.9 Å². The average molecular weight is 795 g/mol. The van der Waals surface area contributed by atoms with Crippen LogP contribution in [0.5, 0.6) is 0 Å². The number of amides is 3. The monoisotopic (exact) mass is 794 g/mol. The zero-order chi connectivity index (χ0) is 41.3. The highest BCUT2D eigenvalue weighted by molar-refractivity contribution is 6.01. The molecule has 0 saturated carbocycles. The molecule has 6 rings (SSSR count). The number of hydrogen-bond donors (Lipinski definition) is 1. The van der Waals surface area contributed by atoms with Gasteiger partial charge < -0.3 is 29.5 Å². The summed E-state index contributed by atoms with van der Waals surface area (Å²) in [6.07, 6.45) is -5.79. The topological polar surface area (TPSA) is 135 Å². The third-order valence-electron chi connectivity index (χ3n) is 10.3. The van der Waals surface area contributed by atoms with Gasteiger partial charge in [0.1, 0.15) is 41.5 Å². The number of nitriles is 1. The Bertz CT molecular complexity index is 2030. The fraction of sp³-hybridized carbons (Fsp3) is 0.475. The number of carbonyl (C=O) groups excluding carboxylic acids is 3. The molecular weight excluding hydrogens is 748 g/mol. The molecule has 0 unspecified atom stereocenters. The highest BCUT2D eigenvalue weighted by atomic mass is 19.4. The fourth-order valence-electron chi connectivity index (χ4n) is 7.58. The average Bonchev–Trinajstić information content (AvgIpc) is 3.13. The van der Waals surface area contributed by atoms with E-state index in [1.165, 1.54) is 31.0 Å². The van der Waals surface area contributed by atoms with Crippen LogP contribution in [0, 0.1) is 24.1 Å². The van der Waals surface area contributed by atoms with Gasteiger partial charge >= 0.3 is 18.4 Å². The van der Waals surface area contributed by atoms with E-state index in [1.54, 1.807) is 47.6 Å². The largest absolute Gasteiger partial charge is 0.445 e. The lowest BCUT2D eigenvalue weighted by Crippen LogP contribution is -2.78. The number of nitrogens with zero attached hydrogens (tertiary/aromatic N) is 7. The van der Waals surface area contributed by atoms with E-state index in [2.05, 4.69) is 15.2 Å². The van der Waals surface area contributed by atoms with Crippen LogP contribution in [0.4, 0.5) is 44.3 Å². The van der Waals surface area contributed by atoms with Gasteiger partial charge in [-0.3, -0.25) is 14.6 Å². The summed E-state index contributed by atoms with van der Waals surface area (Å²) >= 11 is 0. The highest BCUT2D eigenvalue weighted by Gasteiger charge is 2.55. The van der Waals surface area contributed by atoms with Crippen LogP contribution in [0.2, 0.25) is 0 Å². The van der Waals surface area contributed by atoms with Crippen LogP contribution in [0.15, 0.2) is 54.6 Å². The Morgan fingerprint density at radius 2 is 1.72 bits per heavy atom. The van der Waals surface area contributed by atoms with Crippen molar-refractivity contribution in [1.29, 1.82) is 5.26 Å². The second-order valence-corrected chi connectivity index (χ2v) is 15.7. The molecule has 13 nitrogen and oxygen atoms in total. The van der Waals surface area contributed by atoms with Gasteiger partial charge in [0, 0.05) is 52.0 Å². The predicted molar refractivity (Wildman–Crippen MR) is 203 cm³/mol. The lowest BCUT2D eigenvalue weighted by Gasteiger charge is -2.58. The maximum atomic E-state index is 15.7. The van der Waals surface area contributed by atoms with Crippen LogP contribution >= 0.6 is 0 Å². The van der Waals surface area contributed by atoms with E-state index in [9.17, 15) is 32.8 Å². The molecule has 0 radical (unpaired) electrons. The lowest BCUT2D eigenvalue weighted by atomic mass is 9.85. The Hall–Kier alpha value is -5.63. The molecule has 17 heteroatoms. The van der Waals surface area contributed by atoms with Gasteiger partial charge in [0.15, 0.2) is 0 Å². The van der Waals surface area contributed by atoms with E-state index in [1.807, 2.05) is 30.3 Å². The summed E-state index contributed by atoms with van der Waals surface area (Å²) in [7, 11) is 1.46. The Balaban J connectivity index is 1.21. The van der Waals surface area contributed by atoms with E-state index in [0.717, 1.165) is 11.6 Å². The van der Waals surface area contributed by atoms with Crippen molar-refractivity contribution in [3.63, 3.8) is 0 Å². The van der Waals surface area contributed by atoms with Crippen LogP contribution in [0.1, 0.15) is 49.6 Å². The Morgan fingerprint density at radius 1 is 1.00 bits per heavy atom. The molecule has 0 bridgehead atoms. The molecule has 304 valence electrons. The van der Waals surface area contributed by atoms with Crippen molar-refractivity contribution in [1.82, 2.24) is 19.7 Å². The summed E-state index contributed by atoms with van der Waals surface area (Å²) in [5.41, 5.74) is -2.09. The van der Waals surface area contributed by atoms with Crippen LogP contribution in [0.3, 0.4) is 0 Å². The number of halogens is 4. The molecule has 2 fully saturated rings. The number of nitrogens with one attached hydrogen (secondary N) is 1. The number of fused-ring (bicyclic) bond motifs is 1. The van der Waals surface area contributed by atoms with Gasteiger partial charge in [-0.2, -0.15) is 18.4 Å². The second kappa shape index (κ2) is 16.1. The maximum Gasteiger partial charge on any atom is 0.417 e. The SMILES string of the molecule is Cc1cc(C(F)(F)F)c(C#N)c(N[C@H]2CCN(CCN3CCN(C(=O)OCc4ccccc4)C4(C3)CN(C(=O)OC(C)(C)C)C4)c3c(F)cccc3N(C)C2=O)n1. The number of likely N-dealkylation sites (N-methyl/N-ethyl adjacent to an activating group) is 1. The number of benzene rings is 2. The third-order valence-corrected chi connectivity index (χ3v) is 10.3. The number of para-hydroxylation sites is 1. The van der Waals surface area contributed by atoms with Crippen molar-refractivity contribution in [3.05, 3.63) is 82.8 Å². The quantitative estimate of drug-likeness (QED) is 0.283. The first-order chi connectivity index (χ1) is 26.9. The molecule has 2 aromatic carbocycles. The number of alkyl halides is 3. The predicted octanol–water partition coefficient (Wildman–Crippen LogP) is 6.02.